The van der Waals surface area contributed by atoms with Crippen molar-refractivity contribution in [2.75, 3.05) is 56.7 Å². The third-order valence-electron chi connectivity index (χ3n) is 7.66. The van der Waals surface area contributed by atoms with Crippen molar-refractivity contribution < 1.29 is 32.6 Å². The lowest BCUT2D eigenvalue weighted by Crippen LogP contribution is -2.37. The van der Waals surface area contributed by atoms with Gasteiger partial charge < -0.3 is 29.9 Å². The third kappa shape index (κ3) is 8.06. The quantitative estimate of drug-likeness (QED) is 0.282. The van der Waals surface area contributed by atoms with E-state index >= 15 is 0 Å². The van der Waals surface area contributed by atoms with Gasteiger partial charge in [0.25, 0.3) is 0 Å². The van der Waals surface area contributed by atoms with Crippen LogP contribution in [0.3, 0.4) is 0 Å². The number of anilines is 2. The minimum atomic E-state index is -5.08. The fourth-order valence-electron chi connectivity index (χ4n) is 5.30. The molecule has 13 nitrogen and oxygen atoms in total. The van der Waals surface area contributed by atoms with Crippen molar-refractivity contribution in [3.8, 4) is 11.4 Å². The lowest BCUT2D eigenvalue weighted by molar-refractivity contribution is -0.192. The Morgan fingerprint density at radius 1 is 1.04 bits per heavy atom. The smallest absolute Gasteiger partial charge is 0.475 e. The number of halogens is 3. The number of carbonyl (C=O) groups excluding carboxylic acids is 1. The number of aliphatic carboxylic acids is 1. The molecule has 0 atom stereocenters. The number of likely N-dealkylation sites (tertiary alicyclic amines) is 1. The Balaban J connectivity index is 0.000000537. The predicted octanol–water partition coefficient (Wildman–Crippen LogP) is 3.95. The molecule has 0 unspecified atom stereocenters. The first-order valence-corrected chi connectivity index (χ1v) is 14.7. The maximum Gasteiger partial charge on any atom is 0.490 e. The molecule has 2 fully saturated rings. The van der Waals surface area contributed by atoms with Crippen LogP contribution in [0.25, 0.3) is 22.6 Å². The Morgan fingerprint density at radius 3 is 2.35 bits per heavy atom. The summed E-state index contributed by atoms with van der Waals surface area (Å²) in [6.07, 6.45) is 2.67. The van der Waals surface area contributed by atoms with Gasteiger partial charge in [0, 0.05) is 69.5 Å². The molecule has 1 aromatic carbocycles. The number of imidazole rings is 1. The summed E-state index contributed by atoms with van der Waals surface area (Å²) in [5, 5.41) is 12.5. The van der Waals surface area contributed by atoms with Gasteiger partial charge >= 0.3 is 18.2 Å². The first kappa shape index (κ1) is 32.6. The Hall–Kier alpha value is -4.83. The monoisotopic (exact) mass is 641 g/mol. The number of alkyl halides is 3. The van der Waals surface area contributed by atoms with Gasteiger partial charge in [-0.25, -0.2) is 24.5 Å². The Labute approximate surface area is 262 Å². The average Bonchev–Trinajstić information content (AvgIpc) is 3.50. The zero-order valence-electron chi connectivity index (χ0n) is 25.1. The Morgan fingerprint density at radius 2 is 1.74 bits per heavy atom. The number of nitrogens with zero attached hydrogens (tertiary/aromatic N) is 7. The van der Waals surface area contributed by atoms with E-state index in [1.165, 1.54) is 5.56 Å². The van der Waals surface area contributed by atoms with Gasteiger partial charge in [-0.2, -0.15) is 13.2 Å². The van der Waals surface area contributed by atoms with Crippen LogP contribution in [-0.4, -0.2) is 99.1 Å². The molecule has 46 heavy (non-hydrogen) atoms. The van der Waals surface area contributed by atoms with Gasteiger partial charge in [-0.15, -0.1) is 0 Å². The van der Waals surface area contributed by atoms with E-state index < -0.39 is 12.1 Å². The standard InChI is InChI=1S/C28H33N9O2.C2HF3O2/c1-29-28(38)32-22-6-4-21(5-7-22)25-33-26(36-13-15-39-16-14-36)24-27(34-25)37(19-31-24)23-8-11-35(12-9-23)18-20-3-2-10-30-17-20;3-2(4,5)1(6)7/h2-7,10,17,19,23H,8-9,11-16,18H2,1H3,(H2,29,32,38);(H,6,7). The summed E-state index contributed by atoms with van der Waals surface area (Å²) in [6.45, 7) is 5.79. The molecule has 0 saturated carbocycles. The molecule has 0 spiro atoms. The lowest BCUT2D eigenvalue weighted by Gasteiger charge is -2.32. The zero-order chi connectivity index (χ0) is 32.7. The maximum atomic E-state index is 11.7. The summed E-state index contributed by atoms with van der Waals surface area (Å²) in [4.78, 5) is 44.4. The molecule has 3 N–H and O–H groups in total. The van der Waals surface area contributed by atoms with E-state index in [9.17, 15) is 18.0 Å². The molecule has 0 aliphatic carbocycles. The first-order chi connectivity index (χ1) is 22.1. The van der Waals surface area contributed by atoms with Crippen molar-refractivity contribution in [2.45, 2.75) is 31.6 Å². The highest BCUT2D eigenvalue weighted by Crippen LogP contribution is 2.32. The molecule has 4 aromatic rings. The van der Waals surface area contributed by atoms with Crippen LogP contribution in [-0.2, 0) is 16.1 Å². The number of carboxylic acid groups (broad SMARTS) is 1. The van der Waals surface area contributed by atoms with Gasteiger partial charge in [0.15, 0.2) is 22.8 Å². The van der Waals surface area contributed by atoms with Crippen LogP contribution < -0.4 is 15.5 Å². The van der Waals surface area contributed by atoms with E-state index in [-0.39, 0.29) is 6.03 Å². The SMILES string of the molecule is CNC(=O)Nc1ccc(-c2nc(N3CCOCC3)c3ncn(C4CCN(Cc5cccnc5)CC4)c3n2)cc1.O=C(O)C(F)(F)F. The molecule has 2 saturated heterocycles. The van der Waals surface area contributed by atoms with Crippen LogP contribution in [0, 0.1) is 0 Å². The molecule has 2 amide bonds. The van der Waals surface area contributed by atoms with Crippen LogP contribution in [0.15, 0.2) is 55.1 Å². The lowest BCUT2D eigenvalue weighted by atomic mass is 10.0. The number of nitrogens with one attached hydrogen (secondary N) is 2. The number of rotatable bonds is 6. The van der Waals surface area contributed by atoms with Crippen molar-refractivity contribution in [1.29, 1.82) is 0 Å². The second kappa shape index (κ2) is 14.5. The van der Waals surface area contributed by atoms with E-state index in [0.29, 0.717) is 30.8 Å². The molecular formula is C30H34F3N9O4. The zero-order valence-corrected chi connectivity index (χ0v) is 25.1. The predicted molar refractivity (Wildman–Crippen MR) is 163 cm³/mol. The number of urea groups is 1. The van der Waals surface area contributed by atoms with Gasteiger partial charge in [-0.3, -0.25) is 9.88 Å². The molecule has 0 radical (unpaired) electrons. The van der Waals surface area contributed by atoms with Crippen molar-refractivity contribution in [3.05, 3.63) is 60.7 Å². The number of aromatic nitrogens is 5. The number of carbonyl (C=O) groups is 2. The van der Waals surface area contributed by atoms with Crippen molar-refractivity contribution in [1.82, 2.24) is 34.7 Å². The average molecular weight is 642 g/mol. The molecule has 244 valence electrons. The molecule has 16 heteroatoms. The highest BCUT2D eigenvalue weighted by Gasteiger charge is 2.38. The normalized spacial score (nSPS) is 16.0. The van der Waals surface area contributed by atoms with Gasteiger partial charge in [-0.05, 0) is 48.7 Å². The molecular weight excluding hydrogens is 607 g/mol. The van der Waals surface area contributed by atoms with E-state index in [1.807, 2.05) is 49.1 Å². The largest absolute Gasteiger partial charge is 0.490 e. The Kier molecular flexibility index (Phi) is 10.3. The summed E-state index contributed by atoms with van der Waals surface area (Å²) in [7, 11) is 1.59. The minimum Gasteiger partial charge on any atom is -0.475 e. The van der Waals surface area contributed by atoms with Crippen LogP contribution in [0.2, 0.25) is 0 Å². The molecule has 2 aliphatic rings. The van der Waals surface area contributed by atoms with Gasteiger partial charge in [0.1, 0.15) is 0 Å². The van der Waals surface area contributed by atoms with Gasteiger partial charge in [0.2, 0.25) is 0 Å². The summed E-state index contributed by atoms with van der Waals surface area (Å²) in [5.74, 6) is -1.27. The van der Waals surface area contributed by atoms with Crippen LogP contribution in [0.5, 0.6) is 0 Å². The second-order valence-corrected chi connectivity index (χ2v) is 10.7. The maximum absolute atomic E-state index is 11.7. The number of morpholine rings is 1. The molecule has 5 heterocycles. The fraction of sp³-hybridized carbons (Fsp3) is 0.400. The third-order valence-corrected chi connectivity index (χ3v) is 7.66. The summed E-state index contributed by atoms with van der Waals surface area (Å²) in [6, 6.07) is 11.8. The van der Waals surface area contributed by atoms with E-state index in [1.54, 1.807) is 7.05 Å². The fourth-order valence-corrected chi connectivity index (χ4v) is 5.30. The number of amides is 2. The van der Waals surface area contributed by atoms with Gasteiger partial charge in [0.05, 0.1) is 19.5 Å². The van der Waals surface area contributed by atoms with E-state index in [4.69, 9.17) is 29.6 Å². The topological polar surface area (TPSA) is 151 Å². The Bertz CT molecular complexity index is 1620. The number of pyridine rings is 1. The summed E-state index contributed by atoms with van der Waals surface area (Å²) < 4.78 is 39.6. The highest BCUT2D eigenvalue weighted by molar-refractivity contribution is 5.89. The van der Waals surface area contributed by atoms with E-state index in [0.717, 1.165) is 68.1 Å². The first-order valence-electron chi connectivity index (χ1n) is 14.7. The second-order valence-electron chi connectivity index (χ2n) is 10.7. The number of piperidine rings is 1. The number of fused-ring (bicyclic) bond motifs is 1. The van der Waals surface area contributed by atoms with Crippen molar-refractivity contribution in [2.24, 2.45) is 0 Å². The summed E-state index contributed by atoms with van der Waals surface area (Å²) >= 11 is 0. The molecule has 0 bridgehead atoms. The number of hydrogen-bond acceptors (Lipinski definition) is 9. The van der Waals surface area contributed by atoms with Gasteiger partial charge in [-0.1, -0.05) is 6.07 Å². The minimum absolute atomic E-state index is 0.259. The summed E-state index contributed by atoms with van der Waals surface area (Å²) in [5.41, 5.74) is 4.52. The number of hydrogen-bond donors (Lipinski definition) is 3. The van der Waals surface area contributed by atoms with Crippen LogP contribution in [0.1, 0.15) is 24.4 Å². The molecule has 6 rings (SSSR count). The van der Waals surface area contributed by atoms with Crippen LogP contribution in [0.4, 0.5) is 29.5 Å². The molecule has 2 aliphatic heterocycles. The number of carboxylic acids is 1. The van der Waals surface area contributed by atoms with Crippen molar-refractivity contribution in [3.63, 3.8) is 0 Å². The van der Waals surface area contributed by atoms with Crippen LogP contribution >= 0.6 is 0 Å². The number of ether oxygens (including phenoxy) is 1. The van der Waals surface area contributed by atoms with E-state index in [2.05, 4.69) is 36.1 Å². The molecule has 3 aromatic heterocycles. The highest BCUT2D eigenvalue weighted by atomic mass is 19.4. The number of benzene rings is 1. The van der Waals surface area contributed by atoms with Crippen molar-refractivity contribution >= 4 is 34.7 Å².